The molecular weight excluding hydrogens is 176 g/mol. The van der Waals surface area contributed by atoms with Gasteiger partial charge in [-0.05, 0) is 18.7 Å². The first-order valence-electron chi connectivity index (χ1n) is 4.35. The maximum Gasteiger partial charge on any atom is 0.0934 e. The van der Waals surface area contributed by atoms with E-state index in [4.69, 9.17) is 16.7 Å². The van der Waals surface area contributed by atoms with E-state index in [0.29, 0.717) is 11.4 Å². The van der Waals surface area contributed by atoms with E-state index in [-0.39, 0.29) is 6.04 Å². The van der Waals surface area contributed by atoms with Gasteiger partial charge in [-0.15, -0.1) is 0 Å². The normalized spacial score (nSPS) is 13.6. The van der Waals surface area contributed by atoms with Gasteiger partial charge in [0.25, 0.3) is 0 Å². The Morgan fingerprint density at radius 1 is 1.71 bits per heavy atom. The Labute approximate surface area is 84.6 Å². The van der Waals surface area contributed by atoms with Crippen molar-refractivity contribution in [3.63, 3.8) is 0 Å². The third-order valence-electron chi connectivity index (χ3n) is 1.68. The molecule has 0 fully saturated rings. The Hall–Kier alpha value is -1.89. The lowest BCUT2D eigenvalue weighted by molar-refractivity contribution is 0.651. The first kappa shape index (κ1) is 12.1. The molecular formula is C10H16N4. The van der Waals surface area contributed by atoms with Gasteiger partial charge >= 0.3 is 0 Å². The molecule has 1 unspecified atom stereocenters. The number of nitriles is 1. The Balaban J connectivity index is 4.52. The largest absolute Gasteiger partial charge is 0.405 e. The van der Waals surface area contributed by atoms with Crippen LogP contribution in [0.5, 0.6) is 0 Å². The standard InChI is InChI=1S/C10H16N4/c1-3-9(4-6-11)14-10(5-7-12)8(2)13/h4-6,9,14H,2-3,11,13H2,1H3/b6-4+,10-5-. The summed E-state index contributed by atoms with van der Waals surface area (Å²) < 4.78 is 0. The molecule has 0 radical (unpaired) electrons. The Kier molecular flexibility index (Phi) is 5.72. The molecule has 4 nitrogen and oxygen atoms in total. The Morgan fingerprint density at radius 3 is 2.71 bits per heavy atom. The van der Waals surface area contributed by atoms with Crippen molar-refractivity contribution in [2.75, 3.05) is 0 Å². The van der Waals surface area contributed by atoms with Gasteiger partial charge in [0.2, 0.25) is 0 Å². The van der Waals surface area contributed by atoms with Crippen LogP contribution in [0.15, 0.2) is 36.3 Å². The molecule has 14 heavy (non-hydrogen) atoms. The van der Waals surface area contributed by atoms with E-state index in [1.807, 2.05) is 13.0 Å². The molecule has 0 rings (SSSR count). The van der Waals surface area contributed by atoms with Crippen molar-refractivity contribution < 1.29 is 0 Å². The average molecular weight is 192 g/mol. The summed E-state index contributed by atoms with van der Waals surface area (Å²) in [5, 5.41) is 11.5. The van der Waals surface area contributed by atoms with Crippen molar-refractivity contribution in [1.29, 1.82) is 5.26 Å². The van der Waals surface area contributed by atoms with Gasteiger partial charge in [-0.2, -0.15) is 5.26 Å². The zero-order valence-corrected chi connectivity index (χ0v) is 8.33. The van der Waals surface area contributed by atoms with Crippen molar-refractivity contribution in [1.82, 2.24) is 5.32 Å². The SMILES string of the molecule is C=C(N)/C(=C/C#N)NC(/C=C/N)CC. The Bertz CT molecular complexity index is 283. The van der Waals surface area contributed by atoms with E-state index in [1.54, 1.807) is 6.08 Å². The number of rotatable bonds is 5. The van der Waals surface area contributed by atoms with Gasteiger partial charge in [0.15, 0.2) is 0 Å². The quantitative estimate of drug-likeness (QED) is 0.442. The van der Waals surface area contributed by atoms with Crippen molar-refractivity contribution in [2.45, 2.75) is 19.4 Å². The summed E-state index contributed by atoms with van der Waals surface area (Å²) in [6.07, 6.45) is 5.44. The fraction of sp³-hybridized carbons (Fsp3) is 0.300. The molecule has 0 bridgehead atoms. The molecule has 5 N–H and O–H groups in total. The topological polar surface area (TPSA) is 87.9 Å². The summed E-state index contributed by atoms with van der Waals surface area (Å²) in [5.74, 6) is 0. The van der Waals surface area contributed by atoms with Crippen LogP contribution in [0.4, 0.5) is 0 Å². The number of allylic oxidation sites excluding steroid dienone is 1. The highest BCUT2D eigenvalue weighted by Crippen LogP contribution is 2.02. The lowest BCUT2D eigenvalue weighted by Crippen LogP contribution is -2.28. The minimum Gasteiger partial charge on any atom is -0.405 e. The number of hydrogen-bond acceptors (Lipinski definition) is 4. The maximum absolute atomic E-state index is 8.50. The van der Waals surface area contributed by atoms with Gasteiger partial charge < -0.3 is 16.8 Å². The first-order valence-corrected chi connectivity index (χ1v) is 4.35. The minimum absolute atomic E-state index is 0.0694. The van der Waals surface area contributed by atoms with Crippen molar-refractivity contribution >= 4 is 0 Å². The molecule has 0 amide bonds. The van der Waals surface area contributed by atoms with Crippen LogP contribution in [0.2, 0.25) is 0 Å². The average Bonchev–Trinajstić information content (AvgIpc) is 2.15. The van der Waals surface area contributed by atoms with E-state index in [1.165, 1.54) is 12.3 Å². The smallest absolute Gasteiger partial charge is 0.0934 e. The predicted octanol–water partition coefficient (Wildman–Crippen LogP) is 0.707. The highest BCUT2D eigenvalue weighted by Gasteiger charge is 2.04. The van der Waals surface area contributed by atoms with Gasteiger partial charge in [-0.1, -0.05) is 13.5 Å². The molecule has 0 aromatic rings. The number of hydrogen-bond donors (Lipinski definition) is 3. The third-order valence-corrected chi connectivity index (χ3v) is 1.68. The van der Waals surface area contributed by atoms with Crippen LogP contribution >= 0.6 is 0 Å². The van der Waals surface area contributed by atoms with Gasteiger partial charge in [0.05, 0.1) is 11.8 Å². The molecule has 0 spiro atoms. The lowest BCUT2D eigenvalue weighted by Gasteiger charge is -2.16. The second kappa shape index (κ2) is 6.61. The zero-order chi connectivity index (χ0) is 11.0. The number of nitrogens with zero attached hydrogens (tertiary/aromatic N) is 1. The number of nitrogens with one attached hydrogen (secondary N) is 1. The van der Waals surface area contributed by atoms with E-state index in [2.05, 4.69) is 11.9 Å². The fourth-order valence-electron chi connectivity index (χ4n) is 0.912. The van der Waals surface area contributed by atoms with Crippen molar-refractivity contribution in [3.8, 4) is 6.07 Å². The molecule has 0 saturated heterocycles. The number of nitrogens with two attached hydrogens (primary N) is 2. The molecule has 0 saturated carbocycles. The van der Waals surface area contributed by atoms with Crippen LogP contribution in [-0.2, 0) is 0 Å². The van der Waals surface area contributed by atoms with Crippen LogP contribution in [0.1, 0.15) is 13.3 Å². The van der Waals surface area contributed by atoms with Crippen LogP contribution < -0.4 is 16.8 Å². The monoisotopic (exact) mass is 192 g/mol. The minimum atomic E-state index is 0.0694. The van der Waals surface area contributed by atoms with E-state index < -0.39 is 0 Å². The van der Waals surface area contributed by atoms with Crippen molar-refractivity contribution in [3.05, 3.63) is 36.3 Å². The van der Waals surface area contributed by atoms with Crippen LogP contribution in [0.25, 0.3) is 0 Å². The van der Waals surface area contributed by atoms with Crippen LogP contribution in [0.3, 0.4) is 0 Å². The predicted molar refractivity (Wildman–Crippen MR) is 57.6 cm³/mol. The third kappa shape index (κ3) is 4.21. The summed E-state index contributed by atoms with van der Waals surface area (Å²) in [6, 6.07) is 1.97. The highest BCUT2D eigenvalue weighted by molar-refractivity contribution is 5.29. The molecule has 0 aromatic heterocycles. The molecule has 0 aliphatic rings. The van der Waals surface area contributed by atoms with Crippen molar-refractivity contribution in [2.24, 2.45) is 11.5 Å². The summed E-state index contributed by atoms with van der Waals surface area (Å²) in [4.78, 5) is 0. The highest BCUT2D eigenvalue weighted by atomic mass is 14.9. The Morgan fingerprint density at radius 2 is 2.36 bits per heavy atom. The molecule has 0 heterocycles. The molecule has 0 aliphatic carbocycles. The van der Waals surface area contributed by atoms with Crippen LogP contribution in [0, 0.1) is 11.3 Å². The summed E-state index contributed by atoms with van der Waals surface area (Å²) in [7, 11) is 0. The molecule has 0 aromatic carbocycles. The van der Waals surface area contributed by atoms with E-state index in [0.717, 1.165) is 6.42 Å². The van der Waals surface area contributed by atoms with Gasteiger partial charge in [-0.25, -0.2) is 0 Å². The maximum atomic E-state index is 8.50. The van der Waals surface area contributed by atoms with Crippen LogP contribution in [-0.4, -0.2) is 6.04 Å². The molecule has 0 aliphatic heterocycles. The second-order valence-electron chi connectivity index (χ2n) is 2.76. The zero-order valence-electron chi connectivity index (χ0n) is 8.33. The van der Waals surface area contributed by atoms with E-state index in [9.17, 15) is 0 Å². The molecule has 4 heteroatoms. The van der Waals surface area contributed by atoms with Gasteiger partial charge in [-0.3, -0.25) is 0 Å². The van der Waals surface area contributed by atoms with Gasteiger partial charge in [0.1, 0.15) is 0 Å². The second-order valence-corrected chi connectivity index (χ2v) is 2.76. The lowest BCUT2D eigenvalue weighted by atomic mass is 10.2. The summed E-state index contributed by atoms with van der Waals surface area (Å²) in [5.41, 5.74) is 11.6. The summed E-state index contributed by atoms with van der Waals surface area (Å²) >= 11 is 0. The fourth-order valence-corrected chi connectivity index (χ4v) is 0.912. The van der Waals surface area contributed by atoms with Gasteiger partial charge in [0, 0.05) is 17.8 Å². The molecule has 76 valence electrons. The summed E-state index contributed by atoms with van der Waals surface area (Å²) in [6.45, 7) is 5.56. The molecule has 1 atom stereocenters. The first-order chi connectivity index (χ1) is 6.65. The van der Waals surface area contributed by atoms with E-state index >= 15 is 0 Å².